The van der Waals surface area contributed by atoms with Gasteiger partial charge in [0.25, 0.3) is 0 Å². The third-order valence-electron chi connectivity index (χ3n) is 2.65. The molecule has 0 aliphatic rings. The summed E-state index contributed by atoms with van der Waals surface area (Å²) in [5.74, 6) is -0.312. The Morgan fingerprint density at radius 1 is 0.783 bits per heavy atom. The highest BCUT2D eigenvalue weighted by molar-refractivity contribution is 5.75. The Kier molecular flexibility index (Phi) is 16.2. The molecule has 0 aromatic carbocycles. The molecule has 0 bridgehead atoms. The summed E-state index contributed by atoms with van der Waals surface area (Å²) in [7, 11) is 0. The largest absolute Gasteiger partial charge is 0.379 e. The smallest absolute Gasteiger partial charge is 0.220 e. The first kappa shape index (κ1) is 21.8. The second kappa shape index (κ2) is 17.1. The number of ether oxygens (including phenoxy) is 4. The lowest BCUT2D eigenvalue weighted by Crippen LogP contribution is -2.27. The van der Waals surface area contributed by atoms with Crippen LogP contribution < -0.4 is 11.1 Å². The van der Waals surface area contributed by atoms with Gasteiger partial charge in [0.05, 0.1) is 52.9 Å². The molecule has 0 spiro atoms. The van der Waals surface area contributed by atoms with Gasteiger partial charge in [0, 0.05) is 19.4 Å². The topological polar surface area (TPSA) is 109 Å². The van der Waals surface area contributed by atoms with Crippen molar-refractivity contribution in [3.05, 3.63) is 0 Å². The van der Waals surface area contributed by atoms with E-state index in [9.17, 15) is 9.59 Å². The quantitative estimate of drug-likeness (QED) is 0.358. The standard InChI is InChI=1S/C15H30N2O6/c1-2-3-15(19)17-5-7-21-9-11-23-13-12-22-10-8-20-6-4-14(16)18/h2-13H2,1H3,(H2,16,18)(H,17,19). The zero-order valence-corrected chi connectivity index (χ0v) is 14.0. The summed E-state index contributed by atoms with van der Waals surface area (Å²) in [6.45, 7) is 6.12. The van der Waals surface area contributed by atoms with E-state index >= 15 is 0 Å². The van der Waals surface area contributed by atoms with Crippen molar-refractivity contribution in [1.82, 2.24) is 5.32 Å². The van der Waals surface area contributed by atoms with E-state index in [2.05, 4.69) is 5.32 Å². The van der Waals surface area contributed by atoms with E-state index in [1.807, 2.05) is 6.92 Å². The predicted molar refractivity (Wildman–Crippen MR) is 85.0 cm³/mol. The Morgan fingerprint density at radius 3 is 1.74 bits per heavy atom. The van der Waals surface area contributed by atoms with Crippen molar-refractivity contribution in [1.29, 1.82) is 0 Å². The minimum Gasteiger partial charge on any atom is -0.379 e. The Balaban J connectivity index is 3.05. The number of primary amides is 1. The van der Waals surface area contributed by atoms with Crippen LogP contribution in [0, 0.1) is 0 Å². The maximum absolute atomic E-state index is 11.2. The maximum Gasteiger partial charge on any atom is 0.220 e. The predicted octanol–water partition coefficient (Wildman–Crippen LogP) is -0.155. The Hall–Kier alpha value is -1.22. The molecule has 136 valence electrons. The lowest BCUT2D eigenvalue weighted by molar-refractivity contribution is -0.121. The molecule has 0 rings (SSSR count). The summed E-state index contributed by atoms with van der Waals surface area (Å²) in [4.78, 5) is 21.6. The fraction of sp³-hybridized carbons (Fsp3) is 0.867. The Labute approximate surface area is 138 Å². The van der Waals surface area contributed by atoms with Crippen LogP contribution in [0.4, 0.5) is 0 Å². The van der Waals surface area contributed by atoms with Gasteiger partial charge in [0.2, 0.25) is 11.8 Å². The van der Waals surface area contributed by atoms with Gasteiger partial charge in [-0.05, 0) is 6.42 Å². The van der Waals surface area contributed by atoms with Crippen molar-refractivity contribution in [2.75, 3.05) is 59.4 Å². The molecule has 3 N–H and O–H groups in total. The number of carbonyl (C=O) groups is 2. The maximum atomic E-state index is 11.2. The SMILES string of the molecule is CCCC(=O)NCCOCCOCCOCCOCCC(N)=O. The number of carbonyl (C=O) groups excluding carboxylic acids is 2. The molecular formula is C15H30N2O6. The summed E-state index contributed by atoms with van der Waals surface area (Å²) < 4.78 is 21.1. The van der Waals surface area contributed by atoms with Crippen LogP contribution >= 0.6 is 0 Å². The van der Waals surface area contributed by atoms with Gasteiger partial charge in [-0.3, -0.25) is 9.59 Å². The van der Waals surface area contributed by atoms with Crippen LogP contribution in [0.25, 0.3) is 0 Å². The van der Waals surface area contributed by atoms with E-state index in [1.165, 1.54) is 0 Å². The van der Waals surface area contributed by atoms with Crippen molar-refractivity contribution in [3.63, 3.8) is 0 Å². The third-order valence-corrected chi connectivity index (χ3v) is 2.65. The Morgan fingerprint density at radius 2 is 1.26 bits per heavy atom. The lowest BCUT2D eigenvalue weighted by Gasteiger charge is -2.08. The van der Waals surface area contributed by atoms with Crippen molar-refractivity contribution < 1.29 is 28.5 Å². The molecule has 0 saturated heterocycles. The minimum absolute atomic E-state index is 0.0584. The van der Waals surface area contributed by atoms with E-state index < -0.39 is 0 Å². The number of rotatable bonds is 17. The van der Waals surface area contributed by atoms with Gasteiger partial charge < -0.3 is 30.0 Å². The van der Waals surface area contributed by atoms with Crippen LogP contribution in [0.1, 0.15) is 26.2 Å². The summed E-state index contributed by atoms with van der Waals surface area (Å²) >= 11 is 0. The van der Waals surface area contributed by atoms with Crippen molar-refractivity contribution >= 4 is 11.8 Å². The molecule has 0 radical (unpaired) electrons. The zero-order chi connectivity index (χ0) is 17.2. The zero-order valence-electron chi connectivity index (χ0n) is 14.0. The number of hydrogen-bond donors (Lipinski definition) is 2. The third kappa shape index (κ3) is 18.7. The summed E-state index contributed by atoms with van der Waals surface area (Å²) in [6.07, 6.45) is 1.63. The molecule has 0 fully saturated rings. The molecule has 8 heteroatoms. The number of amides is 2. The highest BCUT2D eigenvalue weighted by atomic mass is 16.6. The Bertz CT molecular complexity index is 302. The fourth-order valence-corrected chi connectivity index (χ4v) is 1.51. The molecule has 0 unspecified atom stereocenters. The normalized spacial score (nSPS) is 10.7. The van der Waals surface area contributed by atoms with Gasteiger partial charge in [0.1, 0.15) is 0 Å². The van der Waals surface area contributed by atoms with Gasteiger partial charge in [-0.15, -0.1) is 0 Å². The molecule has 8 nitrogen and oxygen atoms in total. The molecule has 0 aromatic rings. The molecule has 2 amide bonds. The fourth-order valence-electron chi connectivity index (χ4n) is 1.51. The minimum atomic E-state index is -0.370. The monoisotopic (exact) mass is 334 g/mol. The summed E-state index contributed by atoms with van der Waals surface area (Å²) in [6, 6.07) is 0. The van der Waals surface area contributed by atoms with Gasteiger partial charge in [-0.1, -0.05) is 6.92 Å². The van der Waals surface area contributed by atoms with Gasteiger partial charge >= 0.3 is 0 Å². The summed E-state index contributed by atoms with van der Waals surface area (Å²) in [5, 5.41) is 2.77. The van der Waals surface area contributed by atoms with E-state index in [0.717, 1.165) is 6.42 Å². The molecule has 23 heavy (non-hydrogen) atoms. The molecule has 0 saturated carbocycles. The molecule has 0 aliphatic carbocycles. The molecule has 0 heterocycles. The number of hydrogen-bond acceptors (Lipinski definition) is 6. The molecule has 0 atom stereocenters. The van der Waals surface area contributed by atoms with Gasteiger partial charge in [-0.2, -0.15) is 0 Å². The van der Waals surface area contributed by atoms with Crippen LogP contribution in [0.2, 0.25) is 0 Å². The molecule has 0 aliphatic heterocycles. The van der Waals surface area contributed by atoms with E-state index in [-0.39, 0.29) is 18.2 Å². The highest BCUT2D eigenvalue weighted by Crippen LogP contribution is 1.86. The van der Waals surface area contributed by atoms with E-state index in [0.29, 0.717) is 65.8 Å². The van der Waals surface area contributed by atoms with E-state index in [4.69, 9.17) is 24.7 Å². The number of nitrogens with one attached hydrogen (secondary N) is 1. The first-order valence-corrected chi connectivity index (χ1v) is 8.02. The van der Waals surface area contributed by atoms with Crippen LogP contribution in [0.5, 0.6) is 0 Å². The molecule has 0 aromatic heterocycles. The first-order valence-electron chi connectivity index (χ1n) is 8.02. The summed E-state index contributed by atoms with van der Waals surface area (Å²) in [5.41, 5.74) is 4.97. The average molecular weight is 334 g/mol. The first-order chi connectivity index (χ1) is 11.2. The van der Waals surface area contributed by atoms with Crippen molar-refractivity contribution in [2.45, 2.75) is 26.2 Å². The van der Waals surface area contributed by atoms with Gasteiger partial charge in [-0.25, -0.2) is 0 Å². The second-order valence-corrected chi connectivity index (χ2v) is 4.77. The highest BCUT2D eigenvalue weighted by Gasteiger charge is 1.98. The van der Waals surface area contributed by atoms with Crippen LogP contribution in [0.15, 0.2) is 0 Å². The van der Waals surface area contributed by atoms with Crippen LogP contribution in [-0.4, -0.2) is 71.2 Å². The van der Waals surface area contributed by atoms with E-state index in [1.54, 1.807) is 0 Å². The number of nitrogens with two attached hydrogens (primary N) is 1. The van der Waals surface area contributed by atoms with Crippen molar-refractivity contribution in [2.24, 2.45) is 5.73 Å². The lowest BCUT2D eigenvalue weighted by atomic mass is 10.3. The second-order valence-electron chi connectivity index (χ2n) is 4.77. The average Bonchev–Trinajstić information content (AvgIpc) is 2.51. The molecular weight excluding hydrogens is 304 g/mol. The van der Waals surface area contributed by atoms with Crippen LogP contribution in [0.3, 0.4) is 0 Å². The van der Waals surface area contributed by atoms with Crippen molar-refractivity contribution in [3.8, 4) is 0 Å². The van der Waals surface area contributed by atoms with Gasteiger partial charge in [0.15, 0.2) is 0 Å². The van der Waals surface area contributed by atoms with Crippen LogP contribution in [-0.2, 0) is 28.5 Å².